The van der Waals surface area contributed by atoms with Gasteiger partial charge in [-0.05, 0) is 19.4 Å². The Hall–Kier alpha value is -2.93. The molecule has 30 heavy (non-hydrogen) atoms. The van der Waals surface area contributed by atoms with E-state index >= 15 is 0 Å². The van der Waals surface area contributed by atoms with Crippen LogP contribution in [-0.4, -0.2) is 52.1 Å². The number of aryl methyl sites for hydroxylation is 2. The molecule has 3 aliphatic heterocycles. The van der Waals surface area contributed by atoms with Gasteiger partial charge in [0.15, 0.2) is 0 Å². The lowest BCUT2D eigenvalue weighted by Crippen LogP contribution is -2.44. The molecule has 2 aromatic rings. The number of ether oxygens (including phenoxy) is 1. The molecule has 156 valence electrons. The monoisotopic (exact) mass is 407 g/mol. The van der Waals surface area contributed by atoms with Crippen molar-refractivity contribution in [2.24, 2.45) is 11.8 Å². The molecule has 4 atom stereocenters. The number of amides is 2. The van der Waals surface area contributed by atoms with E-state index in [1.807, 2.05) is 55.2 Å². The predicted octanol–water partition coefficient (Wildman–Crippen LogP) is 2.23. The zero-order valence-corrected chi connectivity index (χ0v) is 17.4. The minimum atomic E-state index is -0.697. The minimum absolute atomic E-state index is 0.00705. The van der Waals surface area contributed by atoms with Crippen LogP contribution in [0.4, 0.5) is 0 Å². The number of hydrogen-bond donors (Lipinski definition) is 0. The summed E-state index contributed by atoms with van der Waals surface area (Å²) in [6.45, 7) is 5.20. The van der Waals surface area contributed by atoms with Crippen molar-refractivity contribution in [2.75, 3.05) is 13.6 Å². The van der Waals surface area contributed by atoms with Crippen LogP contribution in [0.25, 0.3) is 0 Å². The standard InChI is InChI=1S/C23H25N3O4/c1-14-5-4-6-16(9-14)11-26-13-23-8-7-18(29-23)19(20(23)22(26)28)21(27)25(3)12-17-10-15(2)30-24-17/h4-10,18-20H,11-13H2,1-3H3/t18-,19-,20-,23-/m0/s1. The van der Waals surface area contributed by atoms with Crippen LogP contribution in [0.1, 0.15) is 22.6 Å². The van der Waals surface area contributed by atoms with Crippen molar-refractivity contribution in [2.45, 2.75) is 38.6 Å². The number of benzene rings is 1. The summed E-state index contributed by atoms with van der Waals surface area (Å²) < 4.78 is 11.3. The van der Waals surface area contributed by atoms with E-state index in [0.717, 1.165) is 11.1 Å². The van der Waals surface area contributed by atoms with E-state index in [1.54, 1.807) is 11.9 Å². The average Bonchev–Trinajstić information content (AvgIpc) is 3.44. The summed E-state index contributed by atoms with van der Waals surface area (Å²) >= 11 is 0. The van der Waals surface area contributed by atoms with Crippen LogP contribution in [0.3, 0.4) is 0 Å². The van der Waals surface area contributed by atoms with Crippen molar-refractivity contribution in [1.82, 2.24) is 15.0 Å². The average molecular weight is 407 g/mol. The number of carbonyl (C=O) groups is 2. The van der Waals surface area contributed by atoms with Gasteiger partial charge >= 0.3 is 0 Å². The molecule has 2 amide bonds. The van der Waals surface area contributed by atoms with Crippen LogP contribution in [0.15, 0.2) is 47.0 Å². The third-order valence-corrected chi connectivity index (χ3v) is 6.37. The fourth-order valence-corrected chi connectivity index (χ4v) is 5.09. The van der Waals surface area contributed by atoms with Crippen molar-refractivity contribution in [3.05, 3.63) is 65.1 Å². The zero-order valence-electron chi connectivity index (χ0n) is 17.4. The van der Waals surface area contributed by atoms with Crippen LogP contribution in [0.5, 0.6) is 0 Å². The van der Waals surface area contributed by atoms with Crippen LogP contribution < -0.4 is 0 Å². The second-order valence-corrected chi connectivity index (χ2v) is 8.71. The highest BCUT2D eigenvalue weighted by molar-refractivity contribution is 5.93. The number of carbonyl (C=O) groups excluding carboxylic acids is 2. The normalized spacial score (nSPS) is 29.0. The molecule has 3 aliphatic rings. The largest absolute Gasteiger partial charge is 0.361 e. The Labute approximate surface area is 175 Å². The Morgan fingerprint density at radius 1 is 1.33 bits per heavy atom. The molecule has 7 heteroatoms. The van der Waals surface area contributed by atoms with Crippen LogP contribution in [0.2, 0.25) is 0 Å². The van der Waals surface area contributed by atoms with Crippen molar-refractivity contribution in [1.29, 1.82) is 0 Å². The molecule has 0 unspecified atom stereocenters. The molecule has 2 fully saturated rings. The van der Waals surface area contributed by atoms with E-state index in [-0.39, 0.29) is 17.9 Å². The highest BCUT2D eigenvalue weighted by atomic mass is 16.5. The smallest absolute Gasteiger partial charge is 0.230 e. The first-order valence-electron chi connectivity index (χ1n) is 10.2. The second-order valence-electron chi connectivity index (χ2n) is 8.71. The molecule has 7 nitrogen and oxygen atoms in total. The first-order chi connectivity index (χ1) is 14.4. The zero-order chi connectivity index (χ0) is 21.0. The maximum atomic E-state index is 13.4. The molecular weight excluding hydrogens is 382 g/mol. The Morgan fingerprint density at radius 2 is 2.17 bits per heavy atom. The Kier molecular flexibility index (Phi) is 4.32. The van der Waals surface area contributed by atoms with Gasteiger partial charge < -0.3 is 19.1 Å². The molecule has 1 aromatic carbocycles. The van der Waals surface area contributed by atoms with Gasteiger partial charge in [-0.2, -0.15) is 0 Å². The van der Waals surface area contributed by atoms with Gasteiger partial charge in [0.25, 0.3) is 0 Å². The number of nitrogens with zero attached hydrogens (tertiary/aromatic N) is 3. The SMILES string of the molecule is Cc1cccc(CN2C[C@]34C=C[C@H](O3)[C@H](C(=O)N(C)Cc3cc(C)on3)[C@H]4C2=O)c1. The van der Waals surface area contributed by atoms with Crippen molar-refractivity contribution < 1.29 is 18.8 Å². The van der Waals surface area contributed by atoms with E-state index in [1.165, 1.54) is 0 Å². The molecule has 0 saturated carbocycles. The minimum Gasteiger partial charge on any atom is -0.361 e. The lowest BCUT2D eigenvalue weighted by molar-refractivity contribution is -0.143. The number of likely N-dealkylation sites (tertiary alicyclic amines) is 1. The number of aromatic nitrogens is 1. The van der Waals surface area contributed by atoms with Gasteiger partial charge in [-0.25, -0.2) is 0 Å². The number of fused-ring (bicyclic) bond motifs is 1. The third kappa shape index (κ3) is 2.96. The fraction of sp³-hybridized carbons (Fsp3) is 0.435. The van der Waals surface area contributed by atoms with E-state index in [4.69, 9.17) is 9.26 Å². The summed E-state index contributed by atoms with van der Waals surface area (Å²) in [7, 11) is 1.73. The lowest BCUT2D eigenvalue weighted by atomic mass is 9.76. The van der Waals surface area contributed by atoms with Crippen molar-refractivity contribution >= 4 is 11.8 Å². The number of hydrogen-bond acceptors (Lipinski definition) is 5. The van der Waals surface area contributed by atoms with Gasteiger partial charge in [-0.15, -0.1) is 0 Å². The highest BCUT2D eigenvalue weighted by Crippen LogP contribution is 2.52. The van der Waals surface area contributed by atoms with Crippen LogP contribution >= 0.6 is 0 Å². The summed E-state index contributed by atoms with van der Waals surface area (Å²) in [5, 5.41) is 3.97. The van der Waals surface area contributed by atoms with Crippen LogP contribution in [-0.2, 0) is 27.4 Å². The van der Waals surface area contributed by atoms with Crippen LogP contribution in [0, 0.1) is 25.7 Å². The van der Waals surface area contributed by atoms with Gasteiger partial charge in [0.2, 0.25) is 11.8 Å². The molecule has 0 radical (unpaired) electrons. The highest BCUT2D eigenvalue weighted by Gasteiger charge is 2.67. The molecule has 2 bridgehead atoms. The summed E-state index contributed by atoms with van der Waals surface area (Å²) in [6, 6.07) is 9.96. The predicted molar refractivity (Wildman–Crippen MR) is 108 cm³/mol. The van der Waals surface area contributed by atoms with E-state index in [0.29, 0.717) is 31.1 Å². The Morgan fingerprint density at radius 3 is 2.90 bits per heavy atom. The van der Waals surface area contributed by atoms with E-state index in [2.05, 4.69) is 11.2 Å². The molecule has 2 saturated heterocycles. The molecular formula is C23H25N3O4. The lowest BCUT2D eigenvalue weighted by Gasteiger charge is -2.27. The molecule has 4 heterocycles. The first-order valence-corrected chi connectivity index (χ1v) is 10.2. The van der Waals surface area contributed by atoms with E-state index in [9.17, 15) is 9.59 Å². The summed E-state index contributed by atoms with van der Waals surface area (Å²) in [6.07, 6.45) is 3.58. The maximum absolute atomic E-state index is 13.4. The van der Waals surface area contributed by atoms with Gasteiger partial charge in [-0.3, -0.25) is 9.59 Å². The Balaban J connectivity index is 1.36. The van der Waals surface area contributed by atoms with Gasteiger partial charge in [0.05, 0.1) is 31.0 Å². The first kappa shape index (κ1) is 19.1. The van der Waals surface area contributed by atoms with Crippen molar-refractivity contribution in [3.63, 3.8) is 0 Å². The Bertz CT molecular complexity index is 1040. The molecule has 5 rings (SSSR count). The van der Waals surface area contributed by atoms with Gasteiger partial charge in [0, 0.05) is 19.7 Å². The third-order valence-electron chi connectivity index (χ3n) is 6.37. The van der Waals surface area contributed by atoms with E-state index < -0.39 is 17.4 Å². The molecule has 1 aromatic heterocycles. The molecule has 1 spiro atoms. The van der Waals surface area contributed by atoms with Gasteiger partial charge in [0.1, 0.15) is 17.1 Å². The molecule has 0 aliphatic carbocycles. The topological polar surface area (TPSA) is 75.9 Å². The summed E-state index contributed by atoms with van der Waals surface area (Å²) in [4.78, 5) is 30.1. The fourth-order valence-electron chi connectivity index (χ4n) is 5.09. The number of rotatable bonds is 5. The quantitative estimate of drug-likeness (QED) is 0.711. The van der Waals surface area contributed by atoms with Crippen molar-refractivity contribution in [3.8, 4) is 0 Å². The summed E-state index contributed by atoms with van der Waals surface area (Å²) in [5.41, 5.74) is 2.24. The molecule has 0 N–H and O–H groups in total. The van der Waals surface area contributed by atoms with Gasteiger partial charge in [-0.1, -0.05) is 47.1 Å². The second kappa shape index (κ2) is 6.80. The summed E-state index contributed by atoms with van der Waals surface area (Å²) in [5.74, 6) is -0.391. The maximum Gasteiger partial charge on any atom is 0.230 e.